The van der Waals surface area contributed by atoms with Crippen LogP contribution in [0.5, 0.6) is 0 Å². The molecule has 4 aromatic rings. The van der Waals surface area contributed by atoms with Crippen LogP contribution in [0, 0.1) is 11.8 Å². The number of fused-ring (bicyclic) bond motifs is 3. The van der Waals surface area contributed by atoms with Crippen molar-refractivity contribution in [3.63, 3.8) is 0 Å². The third kappa shape index (κ3) is 4.41. The van der Waals surface area contributed by atoms with E-state index in [1.165, 1.54) is 0 Å². The molecular weight excluding hydrogens is 506 g/mol. The third-order valence-electron chi connectivity index (χ3n) is 7.09. The highest BCUT2D eigenvalue weighted by Crippen LogP contribution is 2.37. The Morgan fingerprint density at radius 1 is 1.15 bits per heavy atom. The van der Waals surface area contributed by atoms with Crippen LogP contribution in [-0.2, 0) is 4.79 Å². The lowest BCUT2D eigenvalue weighted by molar-refractivity contribution is -0.560. The molecule has 1 aromatic carbocycles. The maximum absolute atomic E-state index is 12.9. The molecule has 1 N–H and O–H groups in total. The summed E-state index contributed by atoms with van der Waals surface area (Å²) in [6.45, 7) is 4.07. The number of rotatable bonds is 4. The van der Waals surface area contributed by atoms with E-state index in [0.29, 0.717) is 46.5 Å². The summed E-state index contributed by atoms with van der Waals surface area (Å²) in [5.41, 5.74) is 3.20. The summed E-state index contributed by atoms with van der Waals surface area (Å²) in [5.74, 6) is 6.41. The number of likely N-dealkylation sites (tertiary alicyclic amines) is 1. The standard InChI is InChI=1S/C30H25N7O3/c1-3-7-24(38)35-15-6-8-22(35)28-34-26(27-29-32-19(2)18-25(39)36(29)16-17-37(27)28)20-10-12-21(13-11-20)30(40)33-23-9-4-5-14-31-23/h4-5,9-14,16-17,22H,6,8,15,18H2,1-2H3/p+1. The van der Waals surface area contributed by atoms with Gasteiger partial charge in [-0.2, -0.15) is 4.57 Å². The van der Waals surface area contributed by atoms with E-state index in [9.17, 15) is 14.4 Å². The van der Waals surface area contributed by atoms with Crippen LogP contribution in [0.4, 0.5) is 11.6 Å². The topological polar surface area (TPSA) is 113 Å². The molecule has 6 rings (SSSR count). The van der Waals surface area contributed by atoms with E-state index in [1.807, 2.05) is 23.5 Å². The van der Waals surface area contributed by atoms with Crippen LogP contribution in [0.2, 0.25) is 0 Å². The highest BCUT2D eigenvalue weighted by molar-refractivity contribution is 6.04. The molecule has 2 aliphatic rings. The van der Waals surface area contributed by atoms with Gasteiger partial charge in [-0.3, -0.25) is 14.0 Å². The molecule has 1 fully saturated rings. The van der Waals surface area contributed by atoms with E-state index in [2.05, 4.69) is 22.1 Å². The van der Waals surface area contributed by atoms with Gasteiger partial charge in [0.25, 0.3) is 11.8 Å². The van der Waals surface area contributed by atoms with Gasteiger partial charge in [-0.15, -0.1) is 0 Å². The monoisotopic (exact) mass is 532 g/mol. The Morgan fingerprint density at radius 3 is 2.73 bits per heavy atom. The number of benzene rings is 1. The van der Waals surface area contributed by atoms with E-state index >= 15 is 0 Å². The summed E-state index contributed by atoms with van der Waals surface area (Å²) in [7, 11) is 0. The fourth-order valence-electron chi connectivity index (χ4n) is 5.26. The Bertz CT molecular complexity index is 1760. The Hall–Kier alpha value is -5.17. The molecule has 3 aromatic heterocycles. The Balaban J connectivity index is 1.46. The molecular formula is C30H26N7O3+. The zero-order chi connectivity index (χ0) is 27.8. The molecule has 10 nitrogen and oxygen atoms in total. The number of nitrogens with zero attached hydrogens (tertiary/aromatic N) is 6. The Kier molecular flexibility index (Phi) is 6.40. The number of carbonyl (C=O) groups excluding carboxylic acids is 3. The zero-order valence-corrected chi connectivity index (χ0v) is 22.1. The minimum Gasteiger partial charge on any atom is -0.322 e. The maximum Gasteiger partial charge on any atom is 0.356 e. The van der Waals surface area contributed by atoms with Crippen molar-refractivity contribution in [1.29, 1.82) is 0 Å². The lowest BCUT2D eigenvalue weighted by Crippen LogP contribution is -2.46. The van der Waals surface area contributed by atoms with Gasteiger partial charge in [0.05, 0.1) is 12.2 Å². The summed E-state index contributed by atoms with van der Waals surface area (Å²) in [5, 5.41) is 2.79. The van der Waals surface area contributed by atoms with Crippen LogP contribution < -0.4 is 9.88 Å². The van der Waals surface area contributed by atoms with Gasteiger partial charge < -0.3 is 10.2 Å². The van der Waals surface area contributed by atoms with E-state index in [4.69, 9.17) is 9.98 Å². The van der Waals surface area contributed by atoms with Crippen molar-refractivity contribution in [3.8, 4) is 23.1 Å². The van der Waals surface area contributed by atoms with Crippen LogP contribution in [0.15, 0.2) is 66.0 Å². The van der Waals surface area contributed by atoms with Crippen molar-refractivity contribution >= 4 is 40.6 Å². The minimum atomic E-state index is -0.281. The summed E-state index contributed by atoms with van der Waals surface area (Å²) in [6.07, 6.45) is 6.94. The molecule has 40 heavy (non-hydrogen) atoms. The average Bonchev–Trinajstić information content (AvgIpc) is 3.59. The SMILES string of the molecule is CC#CC(=O)N1CCCC1c1nc(-c2ccc(C(=O)Nc3ccccn3)cc2)c2c3[n+](ccn12)C(=O)CC(C)=N3. The van der Waals surface area contributed by atoms with Crippen molar-refractivity contribution in [2.24, 2.45) is 4.99 Å². The summed E-state index contributed by atoms with van der Waals surface area (Å²) in [4.78, 5) is 54.2. The Labute approximate surface area is 230 Å². The van der Waals surface area contributed by atoms with Gasteiger partial charge in [0, 0.05) is 23.9 Å². The minimum absolute atomic E-state index is 0.0730. The second-order valence-electron chi connectivity index (χ2n) is 9.72. The Morgan fingerprint density at radius 2 is 1.98 bits per heavy atom. The fraction of sp³-hybridized carbons (Fsp3) is 0.233. The molecule has 0 aliphatic carbocycles. The van der Waals surface area contributed by atoms with Crippen LogP contribution >= 0.6 is 0 Å². The number of hydrogen-bond donors (Lipinski definition) is 1. The largest absolute Gasteiger partial charge is 0.356 e. The highest BCUT2D eigenvalue weighted by Gasteiger charge is 2.37. The number of nitrogens with one attached hydrogen (secondary N) is 1. The van der Waals surface area contributed by atoms with Gasteiger partial charge in [0.1, 0.15) is 35.7 Å². The molecule has 2 aliphatic heterocycles. The lowest BCUT2D eigenvalue weighted by atomic mass is 10.1. The molecule has 2 amide bonds. The zero-order valence-electron chi connectivity index (χ0n) is 22.1. The smallest absolute Gasteiger partial charge is 0.322 e. The van der Waals surface area contributed by atoms with E-state index in [1.54, 1.807) is 65.3 Å². The van der Waals surface area contributed by atoms with Gasteiger partial charge >= 0.3 is 11.7 Å². The number of imidazole rings is 1. The van der Waals surface area contributed by atoms with Gasteiger partial charge in [-0.05, 0) is 61.9 Å². The average molecular weight is 533 g/mol. The second kappa shape index (κ2) is 10.2. The first-order chi connectivity index (χ1) is 19.4. The number of carbonyl (C=O) groups is 3. The van der Waals surface area contributed by atoms with Crippen molar-refractivity contribution < 1.29 is 19.0 Å². The molecule has 0 spiro atoms. The second-order valence-corrected chi connectivity index (χ2v) is 9.72. The van der Waals surface area contributed by atoms with Crippen LogP contribution in [0.3, 0.4) is 0 Å². The van der Waals surface area contributed by atoms with Crippen molar-refractivity contribution in [2.45, 2.75) is 39.2 Å². The summed E-state index contributed by atoms with van der Waals surface area (Å²) in [6, 6.07) is 12.1. The predicted molar refractivity (Wildman–Crippen MR) is 148 cm³/mol. The summed E-state index contributed by atoms with van der Waals surface area (Å²) < 4.78 is 3.47. The van der Waals surface area contributed by atoms with Gasteiger partial charge in [-0.1, -0.05) is 24.1 Å². The van der Waals surface area contributed by atoms with Gasteiger partial charge in [0.15, 0.2) is 5.52 Å². The van der Waals surface area contributed by atoms with Crippen LogP contribution in [0.25, 0.3) is 16.8 Å². The molecule has 10 heteroatoms. The molecule has 1 saturated heterocycles. The van der Waals surface area contributed by atoms with Gasteiger partial charge in [-0.25, -0.2) is 14.8 Å². The van der Waals surface area contributed by atoms with Crippen LogP contribution in [-0.4, -0.2) is 49.2 Å². The number of pyridine rings is 1. The fourth-order valence-corrected chi connectivity index (χ4v) is 5.26. The first kappa shape index (κ1) is 25.1. The van der Waals surface area contributed by atoms with Crippen molar-refractivity contribution in [2.75, 3.05) is 11.9 Å². The van der Waals surface area contributed by atoms with E-state index < -0.39 is 0 Å². The number of aliphatic imine (C=N–C) groups is 1. The first-order valence-electron chi connectivity index (χ1n) is 13.0. The van der Waals surface area contributed by atoms with E-state index in [-0.39, 0.29) is 30.2 Å². The van der Waals surface area contributed by atoms with E-state index in [0.717, 1.165) is 18.4 Å². The third-order valence-corrected chi connectivity index (χ3v) is 7.09. The highest BCUT2D eigenvalue weighted by atomic mass is 16.2. The maximum atomic E-state index is 12.9. The molecule has 1 atom stereocenters. The molecule has 0 saturated carbocycles. The van der Waals surface area contributed by atoms with Crippen molar-refractivity contribution in [1.82, 2.24) is 19.3 Å². The predicted octanol–water partition coefficient (Wildman–Crippen LogP) is 3.76. The molecule has 5 heterocycles. The number of aromatic nitrogens is 4. The quantitative estimate of drug-likeness (QED) is 0.318. The summed E-state index contributed by atoms with van der Waals surface area (Å²) >= 11 is 0. The van der Waals surface area contributed by atoms with Crippen molar-refractivity contribution in [3.05, 3.63) is 72.4 Å². The molecule has 198 valence electrons. The lowest BCUT2D eigenvalue weighted by Gasteiger charge is -2.21. The first-order valence-corrected chi connectivity index (χ1v) is 13.0. The number of anilines is 1. The molecule has 0 radical (unpaired) electrons. The number of amides is 2. The van der Waals surface area contributed by atoms with Gasteiger partial charge in [0.2, 0.25) is 0 Å². The number of hydrogen-bond acceptors (Lipinski definition) is 6. The molecule has 0 bridgehead atoms. The van der Waals surface area contributed by atoms with Crippen LogP contribution in [0.1, 0.15) is 60.1 Å². The normalized spacial score (nSPS) is 16.2. The molecule has 1 unspecified atom stereocenters.